The average molecular weight is 311 g/mol. The predicted molar refractivity (Wildman–Crippen MR) is 80.6 cm³/mol. The largest absolute Gasteiger partial charge is 0.377 e. The van der Waals surface area contributed by atoms with Crippen LogP contribution in [0.4, 0.5) is 0 Å². The highest BCUT2D eigenvalue weighted by Crippen LogP contribution is 2.31. The summed E-state index contributed by atoms with van der Waals surface area (Å²) < 4.78 is 6.45. The summed E-state index contributed by atoms with van der Waals surface area (Å²) >= 11 is 7.53. The molecule has 4 nitrogen and oxygen atoms in total. The Morgan fingerprint density at radius 2 is 2.50 bits per heavy atom. The second kappa shape index (κ2) is 5.68. The molecule has 1 saturated heterocycles. The first kappa shape index (κ1) is 13.8. The van der Waals surface area contributed by atoms with Crippen LogP contribution in [0.15, 0.2) is 18.3 Å². The van der Waals surface area contributed by atoms with Crippen molar-refractivity contribution in [2.75, 3.05) is 19.7 Å². The Hall–Kier alpha value is -1.17. The topological polar surface area (TPSA) is 42.4 Å². The Kier molecular flexibility index (Phi) is 3.92. The number of hydrogen-bond donors (Lipinski definition) is 0. The van der Waals surface area contributed by atoms with Gasteiger partial charge in [0.25, 0.3) is 5.91 Å². The van der Waals surface area contributed by atoms with Gasteiger partial charge in [0.1, 0.15) is 0 Å². The number of fused-ring (bicyclic) bond motifs is 1. The maximum Gasteiger partial charge on any atom is 0.264 e. The van der Waals surface area contributed by atoms with Crippen LogP contribution in [-0.4, -0.2) is 41.6 Å². The Morgan fingerprint density at radius 3 is 3.25 bits per heavy atom. The highest BCUT2D eigenvalue weighted by molar-refractivity contribution is 7.21. The third-order valence-electron chi connectivity index (χ3n) is 3.41. The molecule has 0 bridgehead atoms. The molecule has 0 aromatic carbocycles. The van der Waals surface area contributed by atoms with E-state index in [1.807, 2.05) is 17.9 Å². The minimum Gasteiger partial charge on any atom is -0.377 e. The molecule has 2 aromatic rings. The van der Waals surface area contributed by atoms with Gasteiger partial charge < -0.3 is 9.64 Å². The number of nitrogens with zero attached hydrogens (tertiary/aromatic N) is 2. The van der Waals surface area contributed by atoms with Crippen LogP contribution in [0.1, 0.15) is 23.0 Å². The zero-order valence-corrected chi connectivity index (χ0v) is 12.7. The van der Waals surface area contributed by atoms with E-state index < -0.39 is 0 Å². The van der Waals surface area contributed by atoms with Crippen LogP contribution in [0.3, 0.4) is 0 Å². The lowest BCUT2D eigenvalue weighted by Gasteiger charge is -2.15. The number of ether oxygens (including phenoxy) is 1. The summed E-state index contributed by atoms with van der Waals surface area (Å²) in [5.74, 6) is 0.0475. The molecule has 6 heteroatoms. The zero-order chi connectivity index (χ0) is 14.1. The van der Waals surface area contributed by atoms with Crippen molar-refractivity contribution in [3.05, 3.63) is 28.2 Å². The molecule has 1 aliphatic rings. The van der Waals surface area contributed by atoms with Crippen LogP contribution in [0.25, 0.3) is 10.2 Å². The van der Waals surface area contributed by atoms with E-state index in [4.69, 9.17) is 16.3 Å². The van der Waals surface area contributed by atoms with E-state index in [1.54, 1.807) is 12.3 Å². The number of carbonyl (C=O) groups excluding carboxylic acids is 1. The number of hydrogen-bond acceptors (Lipinski definition) is 4. The van der Waals surface area contributed by atoms with Crippen molar-refractivity contribution in [1.82, 2.24) is 9.88 Å². The quantitative estimate of drug-likeness (QED) is 0.874. The van der Waals surface area contributed by atoms with Crippen molar-refractivity contribution >= 4 is 39.1 Å². The van der Waals surface area contributed by atoms with Gasteiger partial charge in [0, 0.05) is 25.9 Å². The van der Waals surface area contributed by atoms with Gasteiger partial charge in [-0.1, -0.05) is 11.6 Å². The molecular formula is C14H15ClN2O2S. The number of aromatic nitrogens is 1. The molecule has 0 N–H and O–H groups in total. The number of pyridine rings is 1. The second-order valence-electron chi connectivity index (χ2n) is 4.73. The number of halogens is 1. The van der Waals surface area contributed by atoms with Crippen molar-refractivity contribution in [1.29, 1.82) is 0 Å². The highest BCUT2D eigenvalue weighted by atomic mass is 35.5. The van der Waals surface area contributed by atoms with Gasteiger partial charge in [-0.2, -0.15) is 0 Å². The van der Waals surface area contributed by atoms with Crippen molar-refractivity contribution in [3.8, 4) is 0 Å². The number of amides is 1. The van der Waals surface area contributed by atoms with Crippen molar-refractivity contribution in [2.45, 2.75) is 19.4 Å². The molecule has 20 heavy (non-hydrogen) atoms. The number of likely N-dealkylation sites (tertiary alicyclic amines) is 1. The highest BCUT2D eigenvalue weighted by Gasteiger charge is 2.28. The molecule has 1 atom stereocenters. The van der Waals surface area contributed by atoms with Crippen LogP contribution in [0.5, 0.6) is 0 Å². The Bertz CT molecular complexity index is 643. The van der Waals surface area contributed by atoms with Gasteiger partial charge in [-0.25, -0.2) is 0 Å². The molecule has 3 rings (SSSR count). The molecular weight excluding hydrogens is 296 g/mol. The van der Waals surface area contributed by atoms with E-state index in [0.29, 0.717) is 23.1 Å². The molecule has 0 radical (unpaired) electrons. The third kappa shape index (κ3) is 2.53. The van der Waals surface area contributed by atoms with Gasteiger partial charge in [0.15, 0.2) is 0 Å². The maximum absolute atomic E-state index is 12.5. The lowest BCUT2D eigenvalue weighted by molar-refractivity contribution is 0.0600. The molecule has 1 fully saturated rings. The SMILES string of the molecule is CCO[C@H]1CCN(C(=O)c2cc3nccc(Cl)c3s2)C1. The van der Waals surface area contributed by atoms with Crippen molar-refractivity contribution in [3.63, 3.8) is 0 Å². The maximum atomic E-state index is 12.5. The fourth-order valence-corrected chi connectivity index (χ4v) is 3.71. The zero-order valence-electron chi connectivity index (χ0n) is 11.1. The summed E-state index contributed by atoms with van der Waals surface area (Å²) in [4.78, 5) is 19.3. The fourth-order valence-electron chi connectivity index (χ4n) is 2.45. The van der Waals surface area contributed by atoms with Crippen LogP contribution in [0.2, 0.25) is 5.02 Å². The first-order chi connectivity index (χ1) is 9.69. The average Bonchev–Trinajstić information content (AvgIpc) is 3.05. The first-order valence-corrected chi connectivity index (χ1v) is 7.83. The van der Waals surface area contributed by atoms with Crippen LogP contribution < -0.4 is 0 Å². The minimum atomic E-state index is 0.0475. The molecule has 0 saturated carbocycles. The second-order valence-corrected chi connectivity index (χ2v) is 6.19. The molecule has 0 spiro atoms. The third-order valence-corrected chi connectivity index (χ3v) is 4.98. The van der Waals surface area contributed by atoms with Crippen LogP contribution in [0, 0.1) is 0 Å². The van der Waals surface area contributed by atoms with Gasteiger partial charge >= 0.3 is 0 Å². The van der Waals surface area contributed by atoms with Crippen molar-refractivity contribution in [2.24, 2.45) is 0 Å². The summed E-state index contributed by atoms with van der Waals surface area (Å²) in [6, 6.07) is 3.57. The van der Waals surface area contributed by atoms with E-state index in [2.05, 4.69) is 4.98 Å². The van der Waals surface area contributed by atoms with Gasteiger partial charge in [-0.05, 0) is 25.5 Å². The lowest BCUT2D eigenvalue weighted by Crippen LogP contribution is -2.29. The molecule has 1 amide bonds. The monoisotopic (exact) mass is 310 g/mol. The summed E-state index contributed by atoms with van der Waals surface area (Å²) in [5, 5.41) is 0.646. The molecule has 106 valence electrons. The number of carbonyl (C=O) groups is 1. The molecule has 0 unspecified atom stereocenters. The normalized spacial score (nSPS) is 18.9. The van der Waals surface area contributed by atoms with E-state index in [1.165, 1.54) is 11.3 Å². The van der Waals surface area contributed by atoms with E-state index >= 15 is 0 Å². The van der Waals surface area contributed by atoms with Crippen molar-refractivity contribution < 1.29 is 9.53 Å². The summed E-state index contributed by atoms with van der Waals surface area (Å²) in [6.07, 6.45) is 2.73. The van der Waals surface area contributed by atoms with E-state index in [-0.39, 0.29) is 12.0 Å². The van der Waals surface area contributed by atoms with E-state index in [0.717, 1.165) is 23.2 Å². The molecule has 0 aliphatic carbocycles. The summed E-state index contributed by atoms with van der Waals surface area (Å²) in [5.41, 5.74) is 0.784. The Balaban J connectivity index is 1.81. The van der Waals surface area contributed by atoms with E-state index in [9.17, 15) is 4.79 Å². The fraction of sp³-hybridized carbons (Fsp3) is 0.429. The van der Waals surface area contributed by atoms with Gasteiger partial charge in [-0.15, -0.1) is 11.3 Å². The number of thiophene rings is 1. The standard InChI is InChI=1S/C14H15ClN2O2S/c1-2-19-9-4-6-17(8-9)14(18)12-7-11-13(20-12)10(15)3-5-16-11/h3,5,7,9H,2,4,6,8H2,1H3/t9-/m0/s1. The molecule has 1 aliphatic heterocycles. The van der Waals surface area contributed by atoms with Gasteiger partial charge in [-0.3, -0.25) is 9.78 Å². The first-order valence-electron chi connectivity index (χ1n) is 6.64. The molecule has 2 aromatic heterocycles. The van der Waals surface area contributed by atoms with Gasteiger partial charge in [0.2, 0.25) is 0 Å². The predicted octanol–water partition coefficient (Wildman–Crippen LogP) is 3.20. The Morgan fingerprint density at radius 1 is 1.65 bits per heavy atom. The molecule has 3 heterocycles. The lowest BCUT2D eigenvalue weighted by atomic mass is 10.3. The minimum absolute atomic E-state index is 0.0475. The van der Waals surface area contributed by atoms with Crippen LogP contribution in [-0.2, 0) is 4.74 Å². The summed E-state index contributed by atoms with van der Waals surface area (Å²) in [7, 11) is 0. The number of rotatable bonds is 3. The summed E-state index contributed by atoms with van der Waals surface area (Å²) in [6.45, 7) is 4.08. The Labute approximate surface area is 126 Å². The van der Waals surface area contributed by atoms with Gasteiger partial charge in [0.05, 0.1) is 26.2 Å². The smallest absolute Gasteiger partial charge is 0.264 e. The van der Waals surface area contributed by atoms with Crippen LogP contribution >= 0.6 is 22.9 Å².